The molecule has 0 aliphatic heterocycles. The van der Waals surface area contributed by atoms with Crippen molar-refractivity contribution in [2.24, 2.45) is 5.92 Å². The standard InChI is InChI=1S/C19H18N4OS/c1-11-3-8-14-15(9-11)25-19-16(14)18-22-21-17(23(18)10-20-19)12-4-6-13(24-2)7-5-12/h4-7,10-11H,3,8-9H2,1-2H3/t11-/m1/s1. The Morgan fingerprint density at radius 1 is 1.20 bits per heavy atom. The summed E-state index contributed by atoms with van der Waals surface area (Å²) in [4.78, 5) is 7.27. The first-order valence-corrected chi connectivity index (χ1v) is 9.34. The van der Waals surface area contributed by atoms with Gasteiger partial charge in [0, 0.05) is 10.4 Å². The molecule has 1 aliphatic carbocycles. The predicted octanol–water partition coefficient (Wildman–Crippen LogP) is 4.14. The SMILES string of the molecule is COc1ccc(-c2nnc3c4c5c(sc4ncn23)C[C@H](C)CC5)cc1. The number of fused-ring (bicyclic) bond motifs is 5. The van der Waals surface area contributed by atoms with Gasteiger partial charge in [0.15, 0.2) is 11.5 Å². The van der Waals surface area contributed by atoms with E-state index in [1.165, 1.54) is 22.2 Å². The van der Waals surface area contributed by atoms with Gasteiger partial charge in [-0.15, -0.1) is 21.5 Å². The van der Waals surface area contributed by atoms with Crippen molar-refractivity contribution in [1.82, 2.24) is 19.6 Å². The van der Waals surface area contributed by atoms with E-state index in [9.17, 15) is 0 Å². The van der Waals surface area contributed by atoms with E-state index >= 15 is 0 Å². The zero-order chi connectivity index (χ0) is 17.0. The van der Waals surface area contributed by atoms with Gasteiger partial charge >= 0.3 is 0 Å². The fraction of sp³-hybridized carbons (Fsp3) is 0.316. The molecule has 1 aromatic carbocycles. The molecule has 25 heavy (non-hydrogen) atoms. The second kappa shape index (κ2) is 5.52. The maximum atomic E-state index is 5.24. The van der Waals surface area contributed by atoms with Crippen LogP contribution in [0.4, 0.5) is 0 Å². The molecule has 5 nitrogen and oxygen atoms in total. The Morgan fingerprint density at radius 2 is 2.04 bits per heavy atom. The first-order chi connectivity index (χ1) is 12.2. The number of aryl methyl sites for hydroxylation is 1. The van der Waals surface area contributed by atoms with Gasteiger partial charge in [0.1, 0.15) is 16.9 Å². The Hall–Kier alpha value is -2.47. The summed E-state index contributed by atoms with van der Waals surface area (Å²) >= 11 is 1.82. The van der Waals surface area contributed by atoms with Crippen LogP contribution in [-0.4, -0.2) is 26.7 Å². The van der Waals surface area contributed by atoms with Crippen LogP contribution in [0.25, 0.3) is 27.3 Å². The van der Waals surface area contributed by atoms with Crippen LogP contribution in [0, 0.1) is 5.92 Å². The minimum absolute atomic E-state index is 0.754. The average Bonchev–Trinajstić information content (AvgIpc) is 3.21. The lowest BCUT2D eigenvalue weighted by atomic mass is 9.89. The van der Waals surface area contributed by atoms with Crippen molar-refractivity contribution in [3.63, 3.8) is 0 Å². The lowest BCUT2D eigenvalue weighted by Gasteiger charge is -2.17. The highest BCUT2D eigenvalue weighted by molar-refractivity contribution is 7.19. The monoisotopic (exact) mass is 350 g/mol. The first-order valence-electron chi connectivity index (χ1n) is 8.53. The van der Waals surface area contributed by atoms with Crippen molar-refractivity contribution in [1.29, 1.82) is 0 Å². The topological polar surface area (TPSA) is 52.3 Å². The number of ether oxygens (including phenoxy) is 1. The van der Waals surface area contributed by atoms with Crippen molar-refractivity contribution in [3.05, 3.63) is 41.0 Å². The molecule has 0 saturated carbocycles. The van der Waals surface area contributed by atoms with Gasteiger partial charge in [-0.05, 0) is 55.0 Å². The lowest BCUT2D eigenvalue weighted by Crippen LogP contribution is -2.08. The van der Waals surface area contributed by atoms with E-state index in [0.717, 1.165) is 46.4 Å². The molecule has 0 bridgehead atoms. The van der Waals surface area contributed by atoms with Crippen LogP contribution in [0.15, 0.2) is 30.6 Å². The Labute approximate surface area is 149 Å². The minimum Gasteiger partial charge on any atom is -0.497 e. The summed E-state index contributed by atoms with van der Waals surface area (Å²) in [5, 5.41) is 10.2. The Bertz CT molecular complexity index is 1080. The van der Waals surface area contributed by atoms with Gasteiger partial charge in [-0.2, -0.15) is 0 Å². The maximum absolute atomic E-state index is 5.24. The second-order valence-electron chi connectivity index (χ2n) is 6.72. The molecule has 0 radical (unpaired) electrons. The molecule has 0 saturated heterocycles. The molecule has 4 aromatic rings. The number of aromatic nitrogens is 4. The average molecular weight is 350 g/mol. The second-order valence-corrected chi connectivity index (χ2v) is 7.81. The number of benzene rings is 1. The van der Waals surface area contributed by atoms with E-state index in [1.54, 1.807) is 7.11 Å². The number of hydrogen-bond acceptors (Lipinski definition) is 5. The fourth-order valence-electron chi connectivity index (χ4n) is 3.68. The third-order valence-electron chi connectivity index (χ3n) is 5.05. The predicted molar refractivity (Wildman–Crippen MR) is 99.3 cm³/mol. The highest BCUT2D eigenvalue weighted by Gasteiger charge is 2.24. The molecule has 0 spiro atoms. The van der Waals surface area contributed by atoms with E-state index in [0.29, 0.717) is 0 Å². The van der Waals surface area contributed by atoms with Gasteiger partial charge in [0.25, 0.3) is 0 Å². The summed E-state index contributed by atoms with van der Waals surface area (Å²) < 4.78 is 7.25. The summed E-state index contributed by atoms with van der Waals surface area (Å²) in [7, 11) is 1.67. The van der Waals surface area contributed by atoms with Crippen LogP contribution in [0.2, 0.25) is 0 Å². The van der Waals surface area contributed by atoms with Gasteiger partial charge in [0.05, 0.1) is 12.5 Å². The van der Waals surface area contributed by atoms with Crippen LogP contribution < -0.4 is 4.74 Å². The highest BCUT2D eigenvalue weighted by Crippen LogP contribution is 2.39. The molecule has 5 rings (SSSR count). The third kappa shape index (κ3) is 2.24. The molecule has 1 aliphatic rings. The van der Waals surface area contributed by atoms with Crippen LogP contribution in [0.3, 0.4) is 0 Å². The largest absolute Gasteiger partial charge is 0.497 e. The number of rotatable bonds is 2. The Morgan fingerprint density at radius 3 is 2.84 bits per heavy atom. The Balaban J connectivity index is 1.71. The smallest absolute Gasteiger partial charge is 0.172 e. The van der Waals surface area contributed by atoms with E-state index in [1.807, 2.05) is 46.3 Å². The van der Waals surface area contributed by atoms with Gasteiger partial charge < -0.3 is 4.74 Å². The molecule has 6 heteroatoms. The zero-order valence-corrected chi connectivity index (χ0v) is 15.0. The van der Waals surface area contributed by atoms with Crippen molar-refractivity contribution < 1.29 is 4.74 Å². The van der Waals surface area contributed by atoms with Gasteiger partial charge in [-0.3, -0.25) is 4.40 Å². The van der Waals surface area contributed by atoms with Crippen LogP contribution in [0.5, 0.6) is 5.75 Å². The van der Waals surface area contributed by atoms with Gasteiger partial charge in [0.2, 0.25) is 0 Å². The third-order valence-corrected chi connectivity index (χ3v) is 6.21. The Kier molecular flexibility index (Phi) is 3.28. The molecule has 0 unspecified atom stereocenters. The molecule has 126 valence electrons. The summed E-state index contributed by atoms with van der Waals surface area (Å²) in [6, 6.07) is 7.89. The molecule has 0 amide bonds. The van der Waals surface area contributed by atoms with E-state index in [-0.39, 0.29) is 0 Å². The van der Waals surface area contributed by atoms with Gasteiger partial charge in [-0.1, -0.05) is 6.92 Å². The highest BCUT2D eigenvalue weighted by atomic mass is 32.1. The molecule has 1 atom stereocenters. The molecule has 0 fully saturated rings. The molecule has 0 N–H and O–H groups in total. The number of methoxy groups -OCH3 is 1. The van der Waals surface area contributed by atoms with Crippen molar-refractivity contribution >= 4 is 27.2 Å². The van der Waals surface area contributed by atoms with Crippen molar-refractivity contribution in [2.45, 2.75) is 26.2 Å². The van der Waals surface area contributed by atoms with Crippen LogP contribution in [-0.2, 0) is 12.8 Å². The minimum atomic E-state index is 0.754. The zero-order valence-electron chi connectivity index (χ0n) is 14.2. The quantitative estimate of drug-likeness (QED) is 0.545. The number of hydrogen-bond donors (Lipinski definition) is 0. The van der Waals surface area contributed by atoms with Gasteiger partial charge in [-0.25, -0.2) is 4.98 Å². The molecular formula is C19H18N4OS. The fourth-order valence-corrected chi connectivity index (χ4v) is 5.02. The summed E-state index contributed by atoms with van der Waals surface area (Å²) in [6.07, 6.45) is 5.35. The summed E-state index contributed by atoms with van der Waals surface area (Å²) in [6.45, 7) is 2.33. The molecular weight excluding hydrogens is 332 g/mol. The van der Waals surface area contributed by atoms with Crippen molar-refractivity contribution in [3.8, 4) is 17.1 Å². The first kappa shape index (κ1) is 14.8. The summed E-state index contributed by atoms with van der Waals surface area (Å²) in [5.74, 6) is 2.40. The number of thiophene rings is 1. The van der Waals surface area contributed by atoms with Crippen LogP contribution in [0.1, 0.15) is 23.8 Å². The van der Waals surface area contributed by atoms with E-state index in [4.69, 9.17) is 9.72 Å². The van der Waals surface area contributed by atoms with Crippen molar-refractivity contribution in [2.75, 3.05) is 7.11 Å². The lowest BCUT2D eigenvalue weighted by molar-refractivity contribution is 0.415. The molecule has 3 heterocycles. The maximum Gasteiger partial charge on any atom is 0.172 e. The number of nitrogens with zero attached hydrogens (tertiary/aromatic N) is 4. The van der Waals surface area contributed by atoms with E-state index in [2.05, 4.69) is 17.1 Å². The summed E-state index contributed by atoms with van der Waals surface area (Å²) in [5.41, 5.74) is 3.36. The van der Waals surface area contributed by atoms with E-state index < -0.39 is 0 Å². The van der Waals surface area contributed by atoms with Crippen LogP contribution >= 0.6 is 11.3 Å². The normalized spacial score (nSPS) is 17.1. The molecule has 3 aromatic heterocycles.